The Morgan fingerprint density at radius 3 is 2.68 bits per heavy atom. The highest BCUT2D eigenvalue weighted by atomic mass is 79.9. The Labute approximate surface area is 123 Å². The number of benzene rings is 1. The highest BCUT2D eigenvalue weighted by molar-refractivity contribution is 9.10. The summed E-state index contributed by atoms with van der Waals surface area (Å²) in [5.74, 6) is 0. The Bertz CT molecular complexity index is 572. The van der Waals surface area contributed by atoms with Gasteiger partial charge in [0.25, 0.3) is 0 Å². The van der Waals surface area contributed by atoms with Gasteiger partial charge < -0.3 is 5.73 Å². The van der Waals surface area contributed by atoms with E-state index in [4.69, 9.17) is 5.73 Å². The molecule has 6 heteroatoms. The summed E-state index contributed by atoms with van der Waals surface area (Å²) in [5.41, 5.74) is 5.85. The third kappa shape index (κ3) is 3.02. The van der Waals surface area contributed by atoms with E-state index < -0.39 is 10.0 Å². The summed E-state index contributed by atoms with van der Waals surface area (Å²) in [4.78, 5) is 0.327. The van der Waals surface area contributed by atoms with Gasteiger partial charge in [-0.1, -0.05) is 35.8 Å². The lowest BCUT2D eigenvalue weighted by molar-refractivity contribution is 0.155. The Morgan fingerprint density at radius 2 is 2.11 bits per heavy atom. The molecule has 0 radical (unpaired) electrons. The first-order chi connectivity index (χ1) is 8.73. The van der Waals surface area contributed by atoms with Crippen LogP contribution in [0, 0.1) is 5.41 Å². The average molecular weight is 347 g/mol. The van der Waals surface area contributed by atoms with Crippen LogP contribution in [-0.2, 0) is 10.0 Å². The van der Waals surface area contributed by atoms with E-state index in [9.17, 15) is 8.42 Å². The van der Waals surface area contributed by atoms with Gasteiger partial charge >= 0.3 is 0 Å². The molecule has 0 aromatic heterocycles. The minimum absolute atomic E-state index is 0.0430. The van der Waals surface area contributed by atoms with Crippen LogP contribution < -0.4 is 5.73 Å². The second-order valence-corrected chi connectivity index (χ2v) is 8.53. The molecule has 1 atom stereocenters. The lowest BCUT2D eigenvalue weighted by atomic mass is 9.81. The van der Waals surface area contributed by atoms with E-state index in [1.807, 2.05) is 19.9 Å². The number of rotatable bonds is 2. The van der Waals surface area contributed by atoms with Crippen molar-refractivity contribution in [3.8, 4) is 0 Å². The Kier molecular flexibility index (Phi) is 4.07. The molecule has 0 saturated carbocycles. The third-order valence-electron chi connectivity index (χ3n) is 3.71. The number of hydrogen-bond acceptors (Lipinski definition) is 3. The molecular weight excluding hydrogens is 328 g/mol. The molecule has 4 nitrogen and oxygen atoms in total. The van der Waals surface area contributed by atoms with Gasteiger partial charge in [0, 0.05) is 23.6 Å². The number of sulfonamides is 1. The van der Waals surface area contributed by atoms with E-state index in [1.54, 1.807) is 18.2 Å². The molecule has 0 bridgehead atoms. The lowest BCUT2D eigenvalue weighted by Crippen LogP contribution is -2.53. The fourth-order valence-electron chi connectivity index (χ4n) is 2.31. The number of piperidine rings is 1. The molecule has 1 aromatic carbocycles. The zero-order valence-corrected chi connectivity index (χ0v) is 13.5. The van der Waals surface area contributed by atoms with Crippen LogP contribution in [-0.4, -0.2) is 31.9 Å². The van der Waals surface area contributed by atoms with Crippen molar-refractivity contribution >= 4 is 26.0 Å². The number of hydrogen-bond donors (Lipinski definition) is 1. The predicted molar refractivity (Wildman–Crippen MR) is 79.3 cm³/mol. The van der Waals surface area contributed by atoms with E-state index in [0.29, 0.717) is 24.4 Å². The molecule has 1 aliphatic heterocycles. The molecule has 1 unspecified atom stereocenters. The van der Waals surface area contributed by atoms with E-state index in [0.717, 1.165) is 4.47 Å². The van der Waals surface area contributed by atoms with Gasteiger partial charge in [0.1, 0.15) is 0 Å². The van der Waals surface area contributed by atoms with Crippen molar-refractivity contribution in [2.75, 3.05) is 13.1 Å². The Balaban J connectivity index is 2.31. The van der Waals surface area contributed by atoms with Gasteiger partial charge in [-0.15, -0.1) is 0 Å². The first kappa shape index (κ1) is 15.0. The molecule has 1 aromatic rings. The fourth-order valence-corrected chi connectivity index (χ4v) is 4.53. The quantitative estimate of drug-likeness (QED) is 0.892. The van der Waals surface area contributed by atoms with E-state index in [-0.39, 0.29) is 11.5 Å². The highest BCUT2D eigenvalue weighted by Gasteiger charge is 2.38. The van der Waals surface area contributed by atoms with Crippen LogP contribution in [0.15, 0.2) is 33.6 Å². The van der Waals surface area contributed by atoms with Gasteiger partial charge in [-0.2, -0.15) is 4.31 Å². The molecule has 1 heterocycles. The maximum absolute atomic E-state index is 12.6. The predicted octanol–water partition coefficient (Wildman–Crippen LogP) is 2.20. The molecule has 106 valence electrons. The van der Waals surface area contributed by atoms with Crippen LogP contribution in [0.3, 0.4) is 0 Å². The monoisotopic (exact) mass is 346 g/mol. The summed E-state index contributed by atoms with van der Waals surface area (Å²) < 4.78 is 27.5. The largest absolute Gasteiger partial charge is 0.327 e. The third-order valence-corrected chi connectivity index (χ3v) is 6.05. The first-order valence-corrected chi connectivity index (χ1v) is 8.48. The van der Waals surface area contributed by atoms with Gasteiger partial charge in [-0.3, -0.25) is 0 Å². The average Bonchev–Trinajstić information content (AvgIpc) is 2.32. The van der Waals surface area contributed by atoms with Crippen LogP contribution in [0.4, 0.5) is 0 Å². The normalized spacial score (nSPS) is 24.3. The van der Waals surface area contributed by atoms with Crippen LogP contribution in [0.25, 0.3) is 0 Å². The molecule has 2 rings (SSSR count). The zero-order valence-electron chi connectivity index (χ0n) is 11.1. The van der Waals surface area contributed by atoms with Gasteiger partial charge in [0.2, 0.25) is 10.0 Å². The number of halogens is 1. The van der Waals surface area contributed by atoms with Gasteiger partial charge in [0.05, 0.1) is 4.90 Å². The van der Waals surface area contributed by atoms with Crippen LogP contribution >= 0.6 is 15.9 Å². The molecule has 0 spiro atoms. The van der Waals surface area contributed by atoms with E-state index in [2.05, 4.69) is 15.9 Å². The van der Waals surface area contributed by atoms with Gasteiger partial charge in [-0.25, -0.2) is 8.42 Å². The molecule has 19 heavy (non-hydrogen) atoms. The molecule has 1 aliphatic rings. The summed E-state index contributed by atoms with van der Waals surface area (Å²) in [6.07, 6.45) is 0.695. The Morgan fingerprint density at radius 1 is 1.42 bits per heavy atom. The highest BCUT2D eigenvalue weighted by Crippen LogP contribution is 2.31. The minimum atomic E-state index is -3.43. The molecule has 2 N–H and O–H groups in total. The number of nitrogens with two attached hydrogens (primary N) is 1. The van der Waals surface area contributed by atoms with Crippen molar-refractivity contribution in [1.82, 2.24) is 4.31 Å². The maximum atomic E-state index is 12.6. The van der Waals surface area contributed by atoms with Crippen LogP contribution in [0.2, 0.25) is 0 Å². The summed E-state index contributed by atoms with van der Waals surface area (Å²) >= 11 is 3.31. The van der Waals surface area contributed by atoms with Gasteiger partial charge in [-0.05, 0) is 30.0 Å². The van der Waals surface area contributed by atoms with Crippen molar-refractivity contribution in [3.05, 3.63) is 28.7 Å². The van der Waals surface area contributed by atoms with E-state index >= 15 is 0 Å². The van der Waals surface area contributed by atoms with Crippen molar-refractivity contribution in [2.45, 2.75) is 31.2 Å². The smallest absolute Gasteiger partial charge is 0.243 e. The molecular formula is C13H19BrN2O2S. The summed E-state index contributed by atoms with van der Waals surface area (Å²) in [6.45, 7) is 4.98. The van der Waals surface area contributed by atoms with Crippen molar-refractivity contribution in [1.29, 1.82) is 0 Å². The fraction of sp³-hybridized carbons (Fsp3) is 0.538. The van der Waals surface area contributed by atoms with Crippen molar-refractivity contribution in [3.63, 3.8) is 0 Å². The van der Waals surface area contributed by atoms with Gasteiger partial charge in [0.15, 0.2) is 0 Å². The van der Waals surface area contributed by atoms with Crippen LogP contribution in [0.5, 0.6) is 0 Å². The summed E-state index contributed by atoms with van der Waals surface area (Å²) in [6, 6.07) is 6.85. The number of nitrogens with zero attached hydrogens (tertiary/aromatic N) is 1. The second kappa shape index (κ2) is 5.16. The molecule has 1 fully saturated rings. The van der Waals surface area contributed by atoms with Crippen LogP contribution in [0.1, 0.15) is 20.3 Å². The minimum Gasteiger partial charge on any atom is -0.327 e. The summed E-state index contributed by atoms with van der Waals surface area (Å²) in [7, 11) is -3.43. The first-order valence-electron chi connectivity index (χ1n) is 6.25. The molecule has 0 amide bonds. The molecule has 1 saturated heterocycles. The lowest BCUT2D eigenvalue weighted by Gasteiger charge is -2.41. The second-order valence-electron chi connectivity index (χ2n) is 5.68. The standard InChI is InChI=1S/C13H19BrN2O2S/c1-13(2)9-16(7-6-12(13)15)19(17,18)11-5-3-4-10(14)8-11/h3-5,8,12H,6-7,9,15H2,1-2H3. The molecule has 0 aliphatic carbocycles. The summed E-state index contributed by atoms with van der Waals surface area (Å²) in [5, 5.41) is 0. The van der Waals surface area contributed by atoms with Crippen molar-refractivity contribution in [2.24, 2.45) is 11.1 Å². The zero-order chi connectivity index (χ0) is 14.3. The topological polar surface area (TPSA) is 63.4 Å². The maximum Gasteiger partial charge on any atom is 0.243 e. The van der Waals surface area contributed by atoms with E-state index in [1.165, 1.54) is 4.31 Å². The van der Waals surface area contributed by atoms with Crippen molar-refractivity contribution < 1.29 is 8.42 Å². The SMILES string of the molecule is CC1(C)CN(S(=O)(=O)c2cccc(Br)c2)CCC1N. The Hall–Kier alpha value is -0.430.